The van der Waals surface area contributed by atoms with E-state index in [4.69, 9.17) is 9.84 Å². The second-order valence-electron chi connectivity index (χ2n) is 4.18. The fraction of sp³-hybridized carbons (Fsp3) is 0.462. The molecule has 1 rings (SSSR count). The molecule has 0 spiro atoms. The van der Waals surface area contributed by atoms with Gasteiger partial charge in [0.05, 0.1) is 6.61 Å². The van der Waals surface area contributed by atoms with Crippen LogP contribution in [0.2, 0.25) is 0 Å². The van der Waals surface area contributed by atoms with Gasteiger partial charge in [-0.25, -0.2) is 0 Å². The number of carboxylic acid groups (broad SMARTS) is 1. The predicted octanol–water partition coefficient (Wildman–Crippen LogP) is 3.18. The molecule has 17 heavy (non-hydrogen) atoms. The minimum absolute atomic E-state index is 0.653. The minimum Gasteiger partial charge on any atom is -0.494 e. The Morgan fingerprint density at radius 2 is 1.94 bits per heavy atom. The molecule has 0 aromatic heterocycles. The highest BCUT2D eigenvalue weighted by molar-refractivity contribution is 8.00. The Hall–Kier alpha value is -1.16. The first-order valence-corrected chi connectivity index (χ1v) is 6.53. The fourth-order valence-corrected chi connectivity index (χ4v) is 2.02. The van der Waals surface area contributed by atoms with Gasteiger partial charge < -0.3 is 9.84 Å². The second-order valence-corrected chi connectivity index (χ2v) is 5.78. The normalized spacial score (nSPS) is 11.2. The van der Waals surface area contributed by atoms with Crippen molar-refractivity contribution in [2.24, 2.45) is 0 Å². The molecular weight excluding hydrogens is 236 g/mol. The van der Waals surface area contributed by atoms with Crippen molar-refractivity contribution in [3.8, 4) is 5.75 Å². The molecular formula is C13H18O3S. The van der Waals surface area contributed by atoms with Crippen LogP contribution in [0.25, 0.3) is 0 Å². The Kier molecular flexibility index (Phi) is 4.87. The van der Waals surface area contributed by atoms with Crippen LogP contribution < -0.4 is 4.74 Å². The monoisotopic (exact) mass is 254 g/mol. The Morgan fingerprint density at radius 3 is 2.41 bits per heavy atom. The summed E-state index contributed by atoms with van der Waals surface area (Å²) in [5.74, 6) is 0.748. The third kappa shape index (κ3) is 4.30. The molecule has 0 amide bonds. The minimum atomic E-state index is -0.784. The van der Waals surface area contributed by atoms with Crippen molar-refractivity contribution in [2.75, 3.05) is 6.61 Å². The van der Waals surface area contributed by atoms with Gasteiger partial charge in [0.2, 0.25) is 0 Å². The van der Waals surface area contributed by atoms with Gasteiger partial charge in [-0.1, -0.05) is 12.1 Å². The molecule has 0 aliphatic rings. The maximum atomic E-state index is 10.9. The lowest BCUT2D eigenvalue weighted by molar-refractivity contribution is -0.138. The average molecular weight is 254 g/mol. The number of ether oxygens (including phenoxy) is 1. The van der Waals surface area contributed by atoms with Crippen LogP contribution in [0.5, 0.6) is 5.75 Å². The first-order valence-electron chi connectivity index (χ1n) is 5.55. The zero-order valence-corrected chi connectivity index (χ0v) is 11.2. The van der Waals surface area contributed by atoms with Gasteiger partial charge in [-0.3, -0.25) is 4.79 Å². The highest BCUT2D eigenvalue weighted by Crippen LogP contribution is 2.28. The maximum absolute atomic E-state index is 10.9. The number of rotatable bonds is 6. The van der Waals surface area contributed by atoms with Gasteiger partial charge in [-0.05, 0) is 38.5 Å². The lowest BCUT2D eigenvalue weighted by atomic mass is 10.2. The number of benzene rings is 1. The molecule has 0 bridgehead atoms. The van der Waals surface area contributed by atoms with Crippen molar-refractivity contribution in [3.63, 3.8) is 0 Å². The standard InChI is InChI=1S/C13H18O3S/c1-4-16-11-7-5-10(6-8-11)9-17-13(2,3)12(14)15/h5-8H,4,9H2,1-3H3,(H,14,15). The van der Waals surface area contributed by atoms with Gasteiger partial charge >= 0.3 is 5.97 Å². The van der Waals surface area contributed by atoms with Crippen LogP contribution in [-0.4, -0.2) is 22.4 Å². The highest BCUT2D eigenvalue weighted by atomic mass is 32.2. The lowest BCUT2D eigenvalue weighted by Gasteiger charge is -2.18. The molecule has 0 saturated heterocycles. The number of carbonyl (C=O) groups is 1. The summed E-state index contributed by atoms with van der Waals surface area (Å²) in [4.78, 5) is 10.9. The summed E-state index contributed by atoms with van der Waals surface area (Å²) in [6, 6.07) is 7.76. The van der Waals surface area contributed by atoms with Gasteiger partial charge in [-0.15, -0.1) is 11.8 Å². The molecule has 0 heterocycles. The van der Waals surface area contributed by atoms with Gasteiger partial charge in [0.15, 0.2) is 0 Å². The maximum Gasteiger partial charge on any atom is 0.319 e. The fourth-order valence-electron chi connectivity index (χ4n) is 1.17. The van der Waals surface area contributed by atoms with E-state index in [1.54, 1.807) is 13.8 Å². The van der Waals surface area contributed by atoms with E-state index in [-0.39, 0.29) is 0 Å². The highest BCUT2D eigenvalue weighted by Gasteiger charge is 2.27. The molecule has 94 valence electrons. The third-order valence-electron chi connectivity index (χ3n) is 2.35. The number of hydrogen-bond donors (Lipinski definition) is 1. The second kappa shape index (κ2) is 5.96. The van der Waals surface area contributed by atoms with Crippen molar-refractivity contribution in [1.82, 2.24) is 0 Å². The van der Waals surface area contributed by atoms with E-state index in [9.17, 15) is 4.79 Å². The molecule has 0 saturated carbocycles. The SMILES string of the molecule is CCOc1ccc(CSC(C)(C)C(=O)O)cc1. The quantitative estimate of drug-likeness (QED) is 0.847. The topological polar surface area (TPSA) is 46.5 Å². The van der Waals surface area contributed by atoms with Crippen molar-refractivity contribution in [1.29, 1.82) is 0 Å². The summed E-state index contributed by atoms with van der Waals surface area (Å²) in [5, 5.41) is 8.99. The third-order valence-corrected chi connectivity index (χ3v) is 3.72. The average Bonchev–Trinajstić information content (AvgIpc) is 2.28. The van der Waals surface area contributed by atoms with E-state index in [1.807, 2.05) is 31.2 Å². The molecule has 0 atom stereocenters. The molecule has 0 fully saturated rings. The number of hydrogen-bond acceptors (Lipinski definition) is 3. The summed E-state index contributed by atoms with van der Waals surface area (Å²) in [7, 11) is 0. The van der Waals surface area contributed by atoms with Crippen LogP contribution in [0.3, 0.4) is 0 Å². The summed E-state index contributed by atoms with van der Waals surface area (Å²) >= 11 is 1.42. The molecule has 1 N–H and O–H groups in total. The lowest BCUT2D eigenvalue weighted by Crippen LogP contribution is -2.27. The zero-order chi connectivity index (χ0) is 12.9. The largest absolute Gasteiger partial charge is 0.494 e. The van der Waals surface area contributed by atoms with Crippen molar-refractivity contribution < 1.29 is 14.6 Å². The van der Waals surface area contributed by atoms with E-state index >= 15 is 0 Å². The molecule has 1 aromatic carbocycles. The molecule has 0 unspecified atom stereocenters. The van der Waals surface area contributed by atoms with Crippen LogP contribution in [0.15, 0.2) is 24.3 Å². The number of thioether (sulfide) groups is 1. The van der Waals surface area contributed by atoms with Gasteiger partial charge in [0.1, 0.15) is 10.5 Å². The van der Waals surface area contributed by atoms with Crippen LogP contribution in [0, 0.1) is 0 Å². The van der Waals surface area contributed by atoms with E-state index in [0.29, 0.717) is 12.4 Å². The summed E-state index contributed by atoms with van der Waals surface area (Å²) in [6.45, 7) is 6.03. The Bertz CT molecular complexity index is 371. The van der Waals surface area contributed by atoms with E-state index in [0.717, 1.165) is 11.3 Å². The van der Waals surface area contributed by atoms with Crippen LogP contribution in [0.4, 0.5) is 0 Å². The Morgan fingerprint density at radius 1 is 1.35 bits per heavy atom. The Labute approximate surface area is 106 Å². The van der Waals surface area contributed by atoms with Crippen molar-refractivity contribution >= 4 is 17.7 Å². The van der Waals surface area contributed by atoms with E-state index < -0.39 is 10.7 Å². The Balaban J connectivity index is 2.55. The zero-order valence-electron chi connectivity index (χ0n) is 10.4. The predicted molar refractivity (Wildman–Crippen MR) is 70.6 cm³/mol. The van der Waals surface area contributed by atoms with Gasteiger partial charge in [0.25, 0.3) is 0 Å². The summed E-state index contributed by atoms with van der Waals surface area (Å²) in [5.41, 5.74) is 1.10. The molecule has 1 aromatic rings. The smallest absolute Gasteiger partial charge is 0.319 e. The first kappa shape index (κ1) is 13.9. The van der Waals surface area contributed by atoms with Crippen LogP contribution in [0.1, 0.15) is 26.3 Å². The molecule has 4 heteroatoms. The molecule has 0 aliphatic carbocycles. The van der Waals surface area contributed by atoms with Crippen molar-refractivity contribution in [2.45, 2.75) is 31.3 Å². The summed E-state index contributed by atoms with van der Waals surface area (Å²) in [6.07, 6.45) is 0. The van der Waals surface area contributed by atoms with Crippen LogP contribution >= 0.6 is 11.8 Å². The number of carboxylic acids is 1. The van der Waals surface area contributed by atoms with Gasteiger partial charge in [0, 0.05) is 5.75 Å². The summed E-state index contributed by atoms with van der Waals surface area (Å²) < 4.78 is 4.59. The van der Waals surface area contributed by atoms with Crippen LogP contribution in [-0.2, 0) is 10.5 Å². The first-order chi connectivity index (χ1) is 7.95. The molecule has 0 aliphatic heterocycles. The molecule has 0 radical (unpaired) electrons. The number of aliphatic carboxylic acids is 1. The van der Waals surface area contributed by atoms with E-state index in [1.165, 1.54) is 11.8 Å². The van der Waals surface area contributed by atoms with E-state index in [2.05, 4.69) is 0 Å². The molecule has 3 nitrogen and oxygen atoms in total. The van der Waals surface area contributed by atoms with Gasteiger partial charge in [-0.2, -0.15) is 0 Å². The van der Waals surface area contributed by atoms with Crippen molar-refractivity contribution in [3.05, 3.63) is 29.8 Å².